The Morgan fingerprint density at radius 1 is 0.353 bits per heavy atom. The summed E-state index contributed by atoms with van der Waals surface area (Å²) in [5, 5.41) is 150. The molecule has 1 heterocycles. The van der Waals surface area contributed by atoms with E-state index in [1.807, 2.05) is 0 Å². The van der Waals surface area contributed by atoms with E-state index in [1.165, 1.54) is 0 Å². The van der Waals surface area contributed by atoms with Crippen molar-refractivity contribution in [3.8, 4) is 86.2 Å². The third-order valence-electron chi connectivity index (χ3n) is 9.71. The van der Waals surface area contributed by atoms with E-state index in [4.69, 9.17) is 28.4 Å². The molecule has 26 heteroatoms. The summed E-state index contributed by atoms with van der Waals surface area (Å²) in [7, 11) is 0. The highest BCUT2D eigenvalue weighted by atomic mass is 16.7. The summed E-state index contributed by atoms with van der Waals surface area (Å²) >= 11 is 0. The van der Waals surface area contributed by atoms with Crippen LogP contribution in [0, 0.1) is 0 Å². The van der Waals surface area contributed by atoms with E-state index in [0.29, 0.717) is 60.7 Å². The molecule has 15 N–H and O–H groups in total. The molecule has 1 aliphatic rings. The molecular weight excluding hydrogens is 920 g/mol. The molecule has 5 aromatic rings. The summed E-state index contributed by atoms with van der Waals surface area (Å²) in [6.07, 6.45) is -12.4. The molecule has 0 unspecified atom stereocenters. The van der Waals surface area contributed by atoms with Gasteiger partial charge in [-0.2, -0.15) is 0 Å². The first kappa shape index (κ1) is 47.9. The van der Waals surface area contributed by atoms with Crippen LogP contribution in [0.25, 0.3) is 0 Å². The SMILES string of the molecule is O=C(OCC[C@H]1O[C@@H](OC(=O)c2cc(O)c(O)c(O)c2)[C@@H](OC(=O)c2cc(O)c(O)c(O)c2)[C@@H](OC(=O)c2cc(O)c(O)c(O)c2)[C@@H]1OC(=O)c1cc(O)c(O)c(O)c1)c1cc(O)c(O)c(O)c1. The van der Waals surface area contributed by atoms with E-state index in [2.05, 4.69) is 0 Å². The van der Waals surface area contributed by atoms with Crippen molar-refractivity contribution in [1.29, 1.82) is 0 Å². The number of aromatic hydroxyl groups is 15. The molecule has 0 spiro atoms. The summed E-state index contributed by atoms with van der Waals surface area (Å²) < 4.78 is 33.5. The van der Waals surface area contributed by atoms with Gasteiger partial charge in [-0.05, 0) is 60.7 Å². The highest BCUT2D eigenvalue weighted by molar-refractivity contribution is 5.94. The van der Waals surface area contributed by atoms with Crippen LogP contribution in [-0.2, 0) is 28.4 Å². The van der Waals surface area contributed by atoms with E-state index in [0.717, 1.165) is 0 Å². The number of carbonyl (C=O) groups is 5. The van der Waals surface area contributed by atoms with Crippen LogP contribution < -0.4 is 0 Å². The highest BCUT2D eigenvalue weighted by Crippen LogP contribution is 2.42. The van der Waals surface area contributed by atoms with Crippen molar-refractivity contribution >= 4 is 29.8 Å². The highest BCUT2D eigenvalue weighted by Gasteiger charge is 2.54. The maximum atomic E-state index is 13.9. The van der Waals surface area contributed by atoms with Gasteiger partial charge in [-0.3, -0.25) is 0 Å². The van der Waals surface area contributed by atoms with Crippen LogP contribution >= 0.6 is 0 Å². The van der Waals surface area contributed by atoms with Crippen LogP contribution in [-0.4, -0.2) is 144 Å². The number of hydrogen-bond acceptors (Lipinski definition) is 26. The molecule has 0 bridgehead atoms. The molecule has 0 saturated carbocycles. The van der Waals surface area contributed by atoms with Gasteiger partial charge in [-0.15, -0.1) is 0 Å². The molecule has 0 amide bonds. The Bertz CT molecular complexity index is 2740. The van der Waals surface area contributed by atoms with Crippen LogP contribution in [0.4, 0.5) is 0 Å². The molecule has 5 aromatic carbocycles. The van der Waals surface area contributed by atoms with Crippen molar-refractivity contribution in [3.63, 3.8) is 0 Å². The van der Waals surface area contributed by atoms with Crippen molar-refractivity contribution in [2.24, 2.45) is 0 Å². The molecule has 0 radical (unpaired) electrons. The minimum absolute atomic E-state index is 0.546. The minimum atomic E-state index is -2.49. The van der Waals surface area contributed by atoms with Gasteiger partial charge in [0.15, 0.2) is 98.5 Å². The van der Waals surface area contributed by atoms with Crippen molar-refractivity contribution in [2.45, 2.75) is 37.1 Å². The Labute approximate surface area is 376 Å². The maximum Gasteiger partial charge on any atom is 0.340 e. The lowest BCUT2D eigenvalue weighted by Crippen LogP contribution is -2.62. The van der Waals surface area contributed by atoms with Gasteiger partial charge in [0.2, 0.25) is 12.4 Å². The molecule has 358 valence electrons. The summed E-state index contributed by atoms with van der Waals surface area (Å²) in [4.78, 5) is 68.3. The molecule has 1 aliphatic heterocycles. The average Bonchev–Trinajstić information content (AvgIpc) is 3.28. The normalized spacial score (nSPS) is 17.6. The Morgan fingerprint density at radius 2 is 0.603 bits per heavy atom. The van der Waals surface area contributed by atoms with E-state index in [-0.39, 0.29) is 0 Å². The van der Waals surface area contributed by atoms with Gasteiger partial charge in [0.1, 0.15) is 6.10 Å². The summed E-state index contributed by atoms with van der Waals surface area (Å²) in [5.74, 6) is -23.8. The zero-order valence-corrected chi connectivity index (χ0v) is 33.8. The zero-order chi connectivity index (χ0) is 50.0. The fraction of sp³-hybridized carbons (Fsp3) is 0.167. The number of rotatable bonds is 12. The number of hydrogen-bond donors (Lipinski definition) is 15. The Morgan fingerprint density at radius 3 is 0.912 bits per heavy atom. The van der Waals surface area contributed by atoms with Gasteiger partial charge in [0.05, 0.1) is 34.4 Å². The topological polar surface area (TPSA) is 444 Å². The lowest BCUT2D eigenvalue weighted by Gasteiger charge is -2.44. The van der Waals surface area contributed by atoms with Gasteiger partial charge in [-0.1, -0.05) is 0 Å². The summed E-state index contributed by atoms with van der Waals surface area (Å²) in [6, 6.07) is 5.92. The van der Waals surface area contributed by atoms with Gasteiger partial charge in [0.25, 0.3) is 0 Å². The molecule has 1 saturated heterocycles. The number of phenolic OH excluding ortho intramolecular Hbond substituents is 15. The maximum absolute atomic E-state index is 13.9. The van der Waals surface area contributed by atoms with Crippen molar-refractivity contribution in [3.05, 3.63) is 88.5 Å². The molecule has 6 rings (SSSR count). The molecule has 1 fully saturated rings. The zero-order valence-electron chi connectivity index (χ0n) is 33.8. The number of esters is 5. The second kappa shape index (κ2) is 18.9. The second-order valence-corrected chi connectivity index (χ2v) is 14.3. The van der Waals surface area contributed by atoms with Gasteiger partial charge >= 0.3 is 29.8 Å². The fourth-order valence-corrected chi connectivity index (χ4v) is 6.32. The third kappa shape index (κ3) is 9.88. The molecule has 26 nitrogen and oxygen atoms in total. The summed E-state index contributed by atoms with van der Waals surface area (Å²) in [6.45, 7) is -0.863. The van der Waals surface area contributed by atoms with E-state index < -0.39 is 188 Å². The lowest BCUT2D eigenvalue weighted by atomic mass is 9.95. The van der Waals surface area contributed by atoms with Crippen LogP contribution in [0.1, 0.15) is 58.2 Å². The van der Waals surface area contributed by atoms with Gasteiger partial charge in [0, 0.05) is 6.42 Å². The predicted molar refractivity (Wildman–Crippen MR) is 214 cm³/mol. The molecule has 0 aromatic heterocycles. The van der Waals surface area contributed by atoms with Crippen LogP contribution in [0.15, 0.2) is 60.7 Å². The largest absolute Gasteiger partial charge is 0.504 e. The number of phenols is 15. The quantitative estimate of drug-likeness (QED) is 0.0483. The first-order chi connectivity index (χ1) is 31.9. The first-order valence-corrected chi connectivity index (χ1v) is 18.9. The van der Waals surface area contributed by atoms with Crippen LogP contribution in [0.3, 0.4) is 0 Å². The minimum Gasteiger partial charge on any atom is -0.504 e. The molecule has 0 aliphatic carbocycles. The standard InChI is InChI=1S/C42H34O26/c43-18-3-13(4-19(44)29(18)53)37(58)63-2-1-28-34(65-38(59)14-5-20(45)30(54)21(46)6-14)35(66-39(60)15-7-22(47)31(55)23(48)8-15)36(67-40(61)16-9-24(49)32(56)25(50)10-16)42(64-28)68-41(62)17-11-26(51)33(57)27(52)12-17/h3-12,28,34-36,42-57H,1-2H2/t28-,34-,35+,36+,42+/m1/s1. The fourth-order valence-electron chi connectivity index (χ4n) is 6.32. The lowest BCUT2D eigenvalue weighted by molar-refractivity contribution is -0.280. The van der Waals surface area contributed by atoms with Crippen LogP contribution in [0.2, 0.25) is 0 Å². The Kier molecular flexibility index (Phi) is 13.3. The van der Waals surface area contributed by atoms with Crippen molar-refractivity contribution in [2.75, 3.05) is 6.61 Å². The number of ether oxygens (including phenoxy) is 6. The summed E-state index contributed by atoms with van der Waals surface area (Å²) in [5.41, 5.74) is -3.64. The smallest absolute Gasteiger partial charge is 0.340 e. The van der Waals surface area contributed by atoms with Crippen LogP contribution in [0.5, 0.6) is 86.2 Å². The molecule has 5 atom stereocenters. The predicted octanol–water partition coefficient (Wildman–Crippen LogP) is 2.08. The monoisotopic (exact) mass is 954 g/mol. The van der Waals surface area contributed by atoms with E-state index in [9.17, 15) is 101 Å². The van der Waals surface area contributed by atoms with Crippen molar-refractivity contribution in [1.82, 2.24) is 0 Å². The Balaban J connectivity index is 1.50. The van der Waals surface area contributed by atoms with E-state index in [1.54, 1.807) is 0 Å². The van der Waals surface area contributed by atoms with Gasteiger partial charge in [-0.25, -0.2) is 24.0 Å². The Hall–Kier alpha value is -9.59. The number of carbonyl (C=O) groups excluding carboxylic acids is 5. The van der Waals surface area contributed by atoms with Crippen molar-refractivity contribution < 1.29 is 129 Å². The van der Waals surface area contributed by atoms with E-state index >= 15 is 0 Å². The number of benzene rings is 5. The first-order valence-electron chi connectivity index (χ1n) is 18.9. The molecule has 68 heavy (non-hydrogen) atoms. The third-order valence-corrected chi connectivity index (χ3v) is 9.71. The average molecular weight is 955 g/mol. The second-order valence-electron chi connectivity index (χ2n) is 14.3. The van der Waals surface area contributed by atoms with Gasteiger partial charge < -0.3 is 105 Å². The molecular formula is C42H34O26.